The first-order chi connectivity index (χ1) is 23.4. The molecule has 2 bridgehead atoms. The lowest BCUT2D eigenvalue weighted by molar-refractivity contribution is -0.185. The highest BCUT2D eigenvalue weighted by Gasteiger charge is 2.47. The number of rotatable bonds is 7. The lowest BCUT2D eigenvalue weighted by atomic mass is 9.95. The summed E-state index contributed by atoms with van der Waals surface area (Å²) in [7, 11) is 0. The molecule has 5 heterocycles. The van der Waals surface area contributed by atoms with Gasteiger partial charge in [0.2, 0.25) is 0 Å². The maximum absolute atomic E-state index is 16.8. The zero-order valence-corrected chi connectivity index (χ0v) is 27.2. The normalized spacial score (nSPS) is 22.6. The predicted octanol–water partition coefficient (Wildman–Crippen LogP) is 6.76. The molecule has 0 spiro atoms. The average molecular weight is 702 g/mol. The molecule has 4 aromatic rings. The minimum Gasteiger partial charge on any atom is -0.463 e. The van der Waals surface area contributed by atoms with E-state index in [1.807, 2.05) is 15.9 Å². The molecule has 2 atom stereocenters. The van der Waals surface area contributed by atoms with E-state index in [1.54, 1.807) is 0 Å². The fourth-order valence-corrected chi connectivity index (χ4v) is 8.78. The van der Waals surface area contributed by atoms with E-state index in [1.165, 1.54) is 12.1 Å². The SMILES string of the molecule is N#Cc1c(N)sc2c(F)ccc(-c3c(F)cc4c(N5CC6CCC(C5)N6)nc(OCC5(CN6CCC(C(F)(F)F)CC6)CC5)nc4c3F)c12. The highest BCUT2D eigenvalue weighted by molar-refractivity contribution is 7.23. The Labute approximate surface area is 281 Å². The molecule has 8 rings (SSSR count). The first-order valence-corrected chi connectivity index (χ1v) is 17.3. The molecule has 49 heavy (non-hydrogen) atoms. The van der Waals surface area contributed by atoms with Gasteiger partial charge in [0.05, 0.1) is 28.4 Å². The summed E-state index contributed by atoms with van der Waals surface area (Å²) < 4.78 is 93.5. The number of alkyl halides is 3. The third-order valence-electron chi connectivity index (χ3n) is 10.6. The number of hydrogen-bond acceptors (Lipinski definition) is 9. The second-order valence-corrected chi connectivity index (χ2v) is 15.0. The number of likely N-dealkylation sites (tertiary alicyclic amines) is 1. The quantitative estimate of drug-likeness (QED) is 0.204. The number of thiophene rings is 1. The first kappa shape index (κ1) is 32.3. The Kier molecular flexibility index (Phi) is 7.84. The average Bonchev–Trinajstić information content (AvgIpc) is 3.62. The molecular formula is C34H33F6N7OS. The summed E-state index contributed by atoms with van der Waals surface area (Å²) in [5, 5.41) is 13.6. The topological polar surface area (TPSA) is 103 Å². The number of halogens is 6. The molecule has 0 amide bonds. The Morgan fingerprint density at radius 2 is 1.76 bits per heavy atom. The van der Waals surface area contributed by atoms with Crippen molar-refractivity contribution in [2.45, 2.75) is 56.8 Å². The molecule has 3 saturated heterocycles. The van der Waals surface area contributed by atoms with Gasteiger partial charge in [-0.3, -0.25) is 0 Å². The van der Waals surface area contributed by atoms with E-state index in [4.69, 9.17) is 15.5 Å². The monoisotopic (exact) mass is 701 g/mol. The Morgan fingerprint density at radius 3 is 2.41 bits per heavy atom. The molecule has 2 unspecified atom stereocenters. The molecule has 1 aliphatic carbocycles. The van der Waals surface area contributed by atoms with Crippen molar-refractivity contribution in [1.82, 2.24) is 20.2 Å². The van der Waals surface area contributed by atoms with Crippen LogP contribution in [0.1, 0.15) is 44.1 Å². The van der Waals surface area contributed by atoms with Crippen LogP contribution in [-0.2, 0) is 0 Å². The van der Waals surface area contributed by atoms with Crippen molar-refractivity contribution in [2.75, 3.05) is 50.0 Å². The zero-order valence-electron chi connectivity index (χ0n) is 26.3. The number of anilines is 2. The first-order valence-electron chi connectivity index (χ1n) is 16.5. The van der Waals surface area contributed by atoms with Crippen LogP contribution in [0.5, 0.6) is 6.01 Å². The number of nitrogen functional groups attached to an aromatic ring is 1. The van der Waals surface area contributed by atoms with Crippen LogP contribution in [0.15, 0.2) is 18.2 Å². The largest absolute Gasteiger partial charge is 0.463 e. The second kappa shape index (κ2) is 11.9. The van der Waals surface area contributed by atoms with Gasteiger partial charge in [0.1, 0.15) is 34.0 Å². The minimum atomic E-state index is -4.18. The molecule has 3 aliphatic heterocycles. The van der Waals surface area contributed by atoms with E-state index in [2.05, 4.69) is 10.3 Å². The number of nitriles is 1. The van der Waals surface area contributed by atoms with Gasteiger partial charge in [-0.05, 0) is 69.3 Å². The number of fused-ring (bicyclic) bond motifs is 4. The van der Waals surface area contributed by atoms with Crippen molar-refractivity contribution in [3.8, 4) is 23.2 Å². The molecule has 0 radical (unpaired) electrons. The molecule has 4 aliphatic rings. The van der Waals surface area contributed by atoms with Crippen molar-refractivity contribution in [1.29, 1.82) is 5.26 Å². The maximum Gasteiger partial charge on any atom is 0.391 e. The van der Waals surface area contributed by atoms with Crippen LogP contribution in [0, 0.1) is 40.1 Å². The summed E-state index contributed by atoms with van der Waals surface area (Å²) in [4.78, 5) is 13.2. The van der Waals surface area contributed by atoms with Crippen molar-refractivity contribution in [2.24, 2.45) is 11.3 Å². The van der Waals surface area contributed by atoms with E-state index in [9.17, 15) is 22.8 Å². The van der Waals surface area contributed by atoms with Crippen LogP contribution in [0.2, 0.25) is 0 Å². The van der Waals surface area contributed by atoms with E-state index >= 15 is 8.78 Å². The molecule has 1 saturated carbocycles. The Balaban J connectivity index is 1.16. The standard InChI is InChI=1S/C34H33F6N7OS/c35-23-4-3-20(25-22(12-41)30(42)49-29(23)25)26-24(36)11-21-28(27(26)37)44-32(45-31(21)47-13-18-1-2-19(14-47)43-18)48-16-33(7-8-33)15-46-9-5-17(6-10-46)34(38,39)40/h3-4,11,17-19,43H,1-2,5-10,13-16,42H2. The summed E-state index contributed by atoms with van der Waals surface area (Å²) in [6.45, 7) is 2.62. The molecular weight excluding hydrogens is 668 g/mol. The molecule has 2 aromatic heterocycles. The molecule has 258 valence electrons. The summed E-state index contributed by atoms with van der Waals surface area (Å²) in [5.74, 6) is -3.53. The number of piperidine rings is 1. The fraction of sp³-hybridized carbons (Fsp3) is 0.500. The van der Waals surface area contributed by atoms with E-state index in [0.717, 1.165) is 43.1 Å². The molecule has 15 heteroatoms. The van der Waals surface area contributed by atoms with E-state index in [-0.39, 0.29) is 80.1 Å². The van der Waals surface area contributed by atoms with Gasteiger partial charge in [0.25, 0.3) is 0 Å². The number of nitrogens with one attached hydrogen (secondary N) is 1. The smallest absolute Gasteiger partial charge is 0.391 e. The molecule has 8 nitrogen and oxygen atoms in total. The van der Waals surface area contributed by atoms with Gasteiger partial charge >= 0.3 is 12.2 Å². The van der Waals surface area contributed by atoms with Crippen molar-refractivity contribution in [3.63, 3.8) is 0 Å². The van der Waals surface area contributed by atoms with Gasteiger partial charge < -0.3 is 25.6 Å². The van der Waals surface area contributed by atoms with Crippen LogP contribution in [0.4, 0.5) is 37.2 Å². The van der Waals surface area contributed by atoms with Crippen LogP contribution >= 0.6 is 11.3 Å². The van der Waals surface area contributed by atoms with Gasteiger partial charge in [-0.15, -0.1) is 11.3 Å². The second-order valence-electron chi connectivity index (χ2n) is 13.9. The van der Waals surface area contributed by atoms with Gasteiger partial charge in [0, 0.05) is 47.9 Å². The van der Waals surface area contributed by atoms with Crippen LogP contribution < -0.4 is 20.7 Å². The summed E-state index contributed by atoms with van der Waals surface area (Å²) >= 11 is 0.836. The summed E-state index contributed by atoms with van der Waals surface area (Å²) in [6.07, 6.45) is -0.472. The third-order valence-corrected chi connectivity index (χ3v) is 11.7. The van der Waals surface area contributed by atoms with Gasteiger partial charge in [-0.1, -0.05) is 6.07 Å². The number of nitrogens with zero attached hydrogens (tertiary/aromatic N) is 5. The molecule has 4 fully saturated rings. The highest BCUT2D eigenvalue weighted by Crippen LogP contribution is 2.48. The van der Waals surface area contributed by atoms with Crippen LogP contribution in [0.3, 0.4) is 0 Å². The van der Waals surface area contributed by atoms with Crippen LogP contribution in [0.25, 0.3) is 32.1 Å². The number of aromatic nitrogens is 2. The maximum atomic E-state index is 16.8. The van der Waals surface area contributed by atoms with Gasteiger partial charge in [-0.25, -0.2) is 13.2 Å². The Hall–Kier alpha value is -3.87. The minimum absolute atomic E-state index is 0.0199. The van der Waals surface area contributed by atoms with Crippen LogP contribution in [-0.4, -0.2) is 72.5 Å². The Morgan fingerprint density at radius 1 is 1.04 bits per heavy atom. The van der Waals surface area contributed by atoms with E-state index < -0.39 is 35.1 Å². The highest BCUT2D eigenvalue weighted by atomic mass is 32.1. The number of piperazine rings is 1. The number of benzene rings is 2. The molecule has 2 aromatic carbocycles. The number of ether oxygens (including phenoxy) is 1. The van der Waals surface area contributed by atoms with Gasteiger partial charge in [0.15, 0.2) is 5.82 Å². The summed E-state index contributed by atoms with van der Waals surface area (Å²) in [6, 6.07) is 5.75. The van der Waals surface area contributed by atoms with Crippen molar-refractivity contribution < 1.29 is 31.1 Å². The van der Waals surface area contributed by atoms with E-state index in [0.29, 0.717) is 38.5 Å². The fourth-order valence-electron chi connectivity index (χ4n) is 7.83. The predicted molar refractivity (Wildman–Crippen MR) is 174 cm³/mol. The van der Waals surface area contributed by atoms with Crippen molar-refractivity contribution >= 4 is 43.1 Å². The zero-order chi connectivity index (χ0) is 34.2. The number of hydrogen-bond donors (Lipinski definition) is 2. The Bertz CT molecular complexity index is 1990. The third kappa shape index (κ3) is 5.81. The lowest BCUT2D eigenvalue weighted by Gasteiger charge is -2.35. The van der Waals surface area contributed by atoms with Gasteiger partial charge in [-0.2, -0.15) is 28.4 Å². The number of nitrogens with two attached hydrogens (primary N) is 1. The molecule has 3 N–H and O–H groups in total. The summed E-state index contributed by atoms with van der Waals surface area (Å²) in [5.41, 5.74) is 4.99. The lowest BCUT2D eigenvalue weighted by Crippen LogP contribution is -2.51. The van der Waals surface area contributed by atoms with Crippen molar-refractivity contribution in [3.05, 3.63) is 41.2 Å².